The lowest BCUT2D eigenvalue weighted by Gasteiger charge is -2.29. The van der Waals surface area contributed by atoms with E-state index in [2.05, 4.69) is 56.5 Å². The Morgan fingerprint density at radius 1 is 1.04 bits per heavy atom. The van der Waals surface area contributed by atoms with Crippen molar-refractivity contribution in [1.82, 2.24) is 10.6 Å². The van der Waals surface area contributed by atoms with Crippen molar-refractivity contribution in [3.8, 4) is 0 Å². The molecule has 156 valence electrons. The standard InChI is InChI=1S/C23H37N3O2/c1-16(2)20-12-9-13-21(17(3)4)22(20)26(18(5)27)15-14-24-23(28)25-19-10-7-6-8-11-19/h9,12-13,16-17,19H,6-8,10-11,14-15H2,1-5H3,(H2,24,25,28). The third-order valence-corrected chi connectivity index (χ3v) is 5.55. The minimum Gasteiger partial charge on any atom is -0.336 e. The molecule has 1 fully saturated rings. The summed E-state index contributed by atoms with van der Waals surface area (Å²) in [6.07, 6.45) is 5.76. The number of hydrogen-bond acceptors (Lipinski definition) is 2. The summed E-state index contributed by atoms with van der Waals surface area (Å²) in [6, 6.07) is 6.43. The monoisotopic (exact) mass is 387 g/mol. The number of rotatable bonds is 7. The largest absolute Gasteiger partial charge is 0.336 e. The van der Waals surface area contributed by atoms with Gasteiger partial charge in [-0.2, -0.15) is 0 Å². The zero-order valence-electron chi connectivity index (χ0n) is 18.2. The summed E-state index contributed by atoms with van der Waals surface area (Å²) in [5, 5.41) is 6.01. The van der Waals surface area contributed by atoms with Gasteiger partial charge in [-0.05, 0) is 35.8 Å². The van der Waals surface area contributed by atoms with Gasteiger partial charge in [0.1, 0.15) is 0 Å². The number of benzene rings is 1. The molecule has 1 aliphatic rings. The molecule has 0 unspecified atom stereocenters. The van der Waals surface area contributed by atoms with Gasteiger partial charge in [0, 0.05) is 26.1 Å². The van der Waals surface area contributed by atoms with Crippen molar-refractivity contribution in [3.63, 3.8) is 0 Å². The van der Waals surface area contributed by atoms with Gasteiger partial charge < -0.3 is 15.5 Å². The van der Waals surface area contributed by atoms with Crippen LogP contribution in [0.3, 0.4) is 0 Å². The van der Waals surface area contributed by atoms with Crippen molar-refractivity contribution in [3.05, 3.63) is 29.3 Å². The number of urea groups is 1. The van der Waals surface area contributed by atoms with E-state index in [0.29, 0.717) is 24.9 Å². The van der Waals surface area contributed by atoms with E-state index in [1.807, 2.05) is 4.90 Å². The molecule has 1 aliphatic carbocycles. The Hall–Kier alpha value is -2.04. The molecule has 0 radical (unpaired) electrons. The molecule has 2 N–H and O–H groups in total. The van der Waals surface area contributed by atoms with Crippen LogP contribution >= 0.6 is 0 Å². The molecule has 0 saturated heterocycles. The normalized spacial score (nSPS) is 15.0. The van der Waals surface area contributed by atoms with Crippen LogP contribution < -0.4 is 15.5 Å². The van der Waals surface area contributed by atoms with Gasteiger partial charge in [0.2, 0.25) is 5.91 Å². The van der Waals surface area contributed by atoms with E-state index in [4.69, 9.17) is 0 Å². The Morgan fingerprint density at radius 3 is 2.11 bits per heavy atom. The van der Waals surface area contributed by atoms with Crippen molar-refractivity contribution in [1.29, 1.82) is 0 Å². The molecule has 28 heavy (non-hydrogen) atoms. The molecule has 0 aromatic heterocycles. The molecule has 1 aromatic rings. The highest BCUT2D eigenvalue weighted by atomic mass is 16.2. The van der Waals surface area contributed by atoms with Gasteiger partial charge in [-0.3, -0.25) is 4.79 Å². The molecule has 5 nitrogen and oxygen atoms in total. The van der Waals surface area contributed by atoms with Crippen molar-refractivity contribution in [2.75, 3.05) is 18.0 Å². The second kappa shape index (κ2) is 10.5. The van der Waals surface area contributed by atoms with Crippen LogP contribution in [0.15, 0.2) is 18.2 Å². The van der Waals surface area contributed by atoms with Crippen LogP contribution in [-0.2, 0) is 4.79 Å². The Labute approximate surface area is 170 Å². The van der Waals surface area contributed by atoms with Crippen LogP contribution in [0.5, 0.6) is 0 Å². The van der Waals surface area contributed by atoms with E-state index in [0.717, 1.165) is 18.5 Å². The summed E-state index contributed by atoms with van der Waals surface area (Å²) in [5.74, 6) is 0.640. The molecule has 1 aromatic carbocycles. The lowest BCUT2D eigenvalue weighted by atomic mass is 9.92. The fourth-order valence-electron chi connectivity index (χ4n) is 4.01. The Kier molecular flexibility index (Phi) is 8.34. The second-order valence-electron chi connectivity index (χ2n) is 8.50. The summed E-state index contributed by atoms with van der Waals surface area (Å²) in [6.45, 7) is 11.1. The quantitative estimate of drug-likeness (QED) is 0.698. The van der Waals surface area contributed by atoms with Crippen LogP contribution in [0.2, 0.25) is 0 Å². The highest BCUT2D eigenvalue weighted by Gasteiger charge is 2.22. The predicted molar refractivity (Wildman–Crippen MR) is 116 cm³/mol. The summed E-state index contributed by atoms with van der Waals surface area (Å²) in [7, 11) is 0. The first-order valence-electron chi connectivity index (χ1n) is 10.8. The minimum atomic E-state index is -0.128. The van der Waals surface area contributed by atoms with Crippen molar-refractivity contribution >= 4 is 17.6 Å². The molecule has 3 amide bonds. The molecule has 1 saturated carbocycles. The highest BCUT2D eigenvalue weighted by Crippen LogP contribution is 2.35. The van der Waals surface area contributed by atoms with E-state index in [1.54, 1.807) is 6.92 Å². The van der Waals surface area contributed by atoms with Gasteiger partial charge in [-0.15, -0.1) is 0 Å². The first kappa shape index (κ1) is 22.3. The van der Waals surface area contributed by atoms with Gasteiger partial charge in [-0.1, -0.05) is 65.2 Å². The molecular formula is C23H37N3O2. The number of hydrogen-bond donors (Lipinski definition) is 2. The van der Waals surface area contributed by atoms with Crippen LogP contribution in [-0.4, -0.2) is 31.1 Å². The van der Waals surface area contributed by atoms with E-state index in [1.165, 1.54) is 30.4 Å². The van der Waals surface area contributed by atoms with E-state index in [9.17, 15) is 9.59 Å². The summed E-state index contributed by atoms with van der Waals surface area (Å²) in [4.78, 5) is 26.5. The summed E-state index contributed by atoms with van der Waals surface area (Å²) < 4.78 is 0. The van der Waals surface area contributed by atoms with Gasteiger partial charge in [0.25, 0.3) is 0 Å². The number of para-hydroxylation sites is 1. The van der Waals surface area contributed by atoms with Crippen molar-refractivity contribution < 1.29 is 9.59 Å². The second-order valence-corrected chi connectivity index (χ2v) is 8.50. The smallest absolute Gasteiger partial charge is 0.315 e. The van der Waals surface area contributed by atoms with Crippen LogP contribution in [0.1, 0.15) is 89.7 Å². The predicted octanol–water partition coefficient (Wildman–Crippen LogP) is 4.92. The first-order chi connectivity index (χ1) is 13.3. The zero-order chi connectivity index (χ0) is 20.7. The van der Waals surface area contributed by atoms with Crippen molar-refractivity contribution in [2.24, 2.45) is 0 Å². The molecule has 0 aliphatic heterocycles. The molecule has 5 heteroatoms. The number of nitrogens with one attached hydrogen (secondary N) is 2. The van der Waals surface area contributed by atoms with Crippen LogP contribution in [0, 0.1) is 0 Å². The SMILES string of the molecule is CC(=O)N(CCNC(=O)NC1CCCCC1)c1c(C(C)C)cccc1C(C)C. The number of amides is 3. The number of carbonyl (C=O) groups excluding carboxylic acids is 2. The molecule has 0 atom stereocenters. The first-order valence-corrected chi connectivity index (χ1v) is 10.8. The molecule has 0 bridgehead atoms. The third-order valence-electron chi connectivity index (χ3n) is 5.55. The zero-order valence-corrected chi connectivity index (χ0v) is 18.2. The maximum absolute atomic E-state index is 12.5. The Balaban J connectivity index is 2.07. The van der Waals surface area contributed by atoms with Gasteiger partial charge in [-0.25, -0.2) is 4.79 Å². The number of anilines is 1. The Bertz CT molecular complexity index is 638. The van der Waals surface area contributed by atoms with Crippen LogP contribution in [0.25, 0.3) is 0 Å². The maximum Gasteiger partial charge on any atom is 0.315 e. The van der Waals surface area contributed by atoms with E-state index >= 15 is 0 Å². The lowest BCUT2D eigenvalue weighted by Crippen LogP contribution is -2.46. The molecular weight excluding hydrogens is 350 g/mol. The highest BCUT2D eigenvalue weighted by molar-refractivity contribution is 5.93. The fraction of sp³-hybridized carbons (Fsp3) is 0.652. The average Bonchev–Trinajstić information content (AvgIpc) is 2.65. The van der Waals surface area contributed by atoms with Crippen molar-refractivity contribution in [2.45, 2.75) is 84.6 Å². The summed E-state index contributed by atoms with van der Waals surface area (Å²) >= 11 is 0. The number of carbonyl (C=O) groups is 2. The third kappa shape index (κ3) is 5.98. The van der Waals surface area contributed by atoms with E-state index in [-0.39, 0.29) is 18.0 Å². The maximum atomic E-state index is 12.5. The van der Waals surface area contributed by atoms with E-state index < -0.39 is 0 Å². The Morgan fingerprint density at radius 2 is 1.61 bits per heavy atom. The molecule has 0 heterocycles. The molecule has 2 rings (SSSR count). The summed E-state index contributed by atoms with van der Waals surface area (Å²) in [5.41, 5.74) is 3.36. The lowest BCUT2D eigenvalue weighted by molar-refractivity contribution is -0.116. The van der Waals surface area contributed by atoms with Crippen LogP contribution in [0.4, 0.5) is 10.5 Å². The van der Waals surface area contributed by atoms with Gasteiger partial charge >= 0.3 is 6.03 Å². The topological polar surface area (TPSA) is 61.4 Å². The minimum absolute atomic E-state index is 0.00416. The van der Waals surface area contributed by atoms with Gasteiger partial charge in [0.15, 0.2) is 0 Å². The fourth-order valence-corrected chi connectivity index (χ4v) is 4.01. The van der Waals surface area contributed by atoms with Gasteiger partial charge in [0.05, 0.1) is 5.69 Å². The number of nitrogens with zero attached hydrogens (tertiary/aromatic N) is 1. The average molecular weight is 388 g/mol. The molecule has 0 spiro atoms.